The number of amides is 1. The molecule has 2 aromatic heterocycles. The molecule has 1 unspecified atom stereocenters. The number of hydrogen-bond acceptors (Lipinski definition) is 2. The van der Waals surface area contributed by atoms with Crippen LogP contribution in [0.4, 0.5) is 0 Å². The summed E-state index contributed by atoms with van der Waals surface area (Å²) in [5.41, 5.74) is 2.16. The molecule has 1 aliphatic heterocycles. The molecular weight excluding hydrogens is 276 g/mol. The Kier molecular flexibility index (Phi) is 3.18. The van der Waals surface area contributed by atoms with Crippen LogP contribution in [0.5, 0.6) is 0 Å². The monoisotopic (exact) mass is 294 g/mol. The minimum absolute atomic E-state index is 0.194. The van der Waals surface area contributed by atoms with E-state index in [1.165, 1.54) is 0 Å². The first-order valence-corrected chi connectivity index (χ1v) is 7.63. The normalized spacial score (nSPS) is 18.2. The molecule has 5 heteroatoms. The number of para-hydroxylation sites is 1. The number of carbonyl (C=O) groups excluding carboxylic acids is 1. The summed E-state index contributed by atoms with van der Waals surface area (Å²) in [6, 6.07) is 10.3. The van der Waals surface area contributed by atoms with Crippen molar-refractivity contribution >= 4 is 16.8 Å². The third-order valence-electron chi connectivity index (χ3n) is 4.43. The maximum Gasteiger partial charge on any atom is 0.227 e. The highest BCUT2D eigenvalue weighted by Gasteiger charge is 2.27. The number of likely N-dealkylation sites (tertiary alicyclic amines) is 1. The van der Waals surface area contributed by atoms with Crippen LogP contribution in [-0.2, 0) is 11.2 Å². The van der Waals surface area contributed by atoms with E-state index in [2.05, 4.69) is 16.1 Å². The lowest BCUT2D eigenvalue weighted by Crippen LogP contribution is -2.30. The van der Waals surface area contributed by atoms with E-state index in [1.807, 2.05) is 46.2 Å². The molecule has 1 aromatic carbocycles. The molecule has 3 heterocycles. The van der Waals surface area contributed by atoms with Crippen molar-refractivity contribution in [1.29, 1.82) is 0 Å². The van der Waals surface area contributed by atoms with Crippen LogP contribution in [0.1, 0.15) is 18.0 Å². The van der Waals surface area contributed by atoms with Gasteiger partial charge >= 0.3 is 0 Å². The van der Waals surface area contributed by atoms with Gasteiger partial charge in [-0.1, -0.05) is 18.2 Å². The van der Waals surface area contributed by atoms with Crippen LogP contribution in [0.15, 0.2) is 48.9 Å². The average Bonchev–Trinajstić information content (AvgIpc) is 3.28. The van der Waals surface area contributed by atoms with Crippen LogP contribution in [0.3, 0.4) is 0 Å². The molecule has 1 saturated heterocycles. The van der Waals surface area contributed by atoms with E-state index in [4.69, 9.17) is 0 Å². The highest BCUT2D eigenvalue weighted by atomic mass is 16.2. The molecule has 1 fully saturated rings. The third-order valence-corrected chi connectivity index (χ3v) is 4.43. The van der Waals surface area contributed by atoms with Crippen LogP contribution in [0.25, 0.3) is 10.9 Å². The molecule has 1 amide bonds. The number of fused-ring (bicyclic) bond motifs is 1. The van der Waals surface area contributed by atoms with E-state index >= 15 is 0 Å². The van der Waals surface area contributed by atoms with E-state index in [-0.39, 0.29) is 5.91 Å². The second kappa shape index (κ2) is 5.33. The predicted octanol–water partition coefficient (Wildman–Crippen LogP) is 2.38. The number of aromatic nitrogens is 3. The molecule has 3 aromatic rings. The summed E-state index contributed by atoms with van der Waals surface area (Å²) in [6.07, 6.45) is 7.13. The Balaban J connectivity index is 1.47. The Hall–Kier alpha value is -2.56. The van der Waals surface area contributed by atoms with Crippen molar-refractivity contribution in [3.05, 3.63) is 54.5 Å². The zero-order valence-electron chi connectivity index (χ0n) is 12.3. The second-order valence-electron chi connectivity index (χ2n) is 5.80. The van der Waals surface area contributed by atoms with Gasteiger partial charge in [0, 0.05) is 42.6 Å². The summed E-state index contributed by atoms with van der Waals surface area (Å²) in [7, 11) is 0. The highest BCUT2D eigenvalue weighted by molar-refractivity contribution is 5.88. The van der Waals surface area contributed by atoms with Crippen molar-refractivity contribution in [3.8, 4) is 0 Å². The van der Waals surface area contributed by atoms with Gasteiger partial charge in [-0.3, -0.25) is 9.48 Å². The van der Waals surface area contributed by atoms with Gasteiger partial charge in [0.2, 0.25) is 5.91 Å². The number of aromatic amines is 1. The van der Waals surface area contributed by atoms with E-state index < -0.39 is 0 Å². The van der Waals surface area contributed by atoms with E-state index in [1.54, 1.807) is 6.20 Å². The summed E-state index contributed by atoms with van der Waals surface area (Å²) in [5, 5.41) is 5.42. The van der Waals surface area contributed by atoms with Gasteiger partial charge in [-0.05, 0) is 24.1 Å². The van der Waals surface area contributed by atoms with Crippen LogP contribution in [-0.4, -0.2) is 38.7 Å². The molecule has 4 rings (SSSR count). The Labute approximate surface area is 128 Å². The van der Waals surface area contributed by atoms with Crippen LogP contribution in [0, 0.1) is 0 Å². The molecule has 1 atom stereocenters. The number of H-pyrrole nitrogens is 1. The van der Waals surface area contributed by atoms with Crippen molar-refractivity contribution in [2.24, 2.45) is 0 Å². The van der Waals surface area contributed by atoms with Crippen LogP contribution >= 0.6 is 0 Å². The second-order valence-corrected chi connectivity index (χ2v) is 5.80. The minimum atomic E-state index is 0.194. The summed E-state index contributed by atoms with van der Waals surface area (Å²) in [5.74, 6) is 0.194. The van der Waals surface area contributed by atoms with Gasteiger partial charge < -0.3 is 9.88 Å². The number of carbonyl (C=O) groups is 1. The van der Waals surface area contributed by atoms with Gasteiger partial charge in [0.15, 0.2) is 0 Å². The lowest BCUT2D eigenvalue weighted by atomic mass is 10.1. The Morgan fingerprint density at radius 3 is 3.09 bits per heavy atom. The fourth-order valence-corrected chi connectivity index (χ4v) is 3.23. The fraction of sp³-hybridized carbons (Fsp3) is 0.294. The average molecular weight is 294 g/mol. The summed E-state index contributed by atoms with van der Waals surface area (Å²) >= 11 is 0. The van der Waals surface area contributed by atoms with E-state index in [9.17, 15) is 4.79 Å². The van der Waals surface area contributed by atoms with E-state index in [0.29, 0.717) is 12.5 Å². The van der Waals surface area contributed by atoms with Crippen molar-refractivity contribution in [2.75, 3.05) is 13.1 Å². The summed E-state index contributed by atoms with van der Waals surface area (Å²) < 4.78 is 1.96. The Bertz CT molecular complexity index is 790. The zero-order valence-corrected chi connectivity index (χ0v) is 12.3. The fourth-order valence-electron chi connectivity index (χ4n) is 3.23. The van der Waals surface area contributed by atoms with Gasteiger partial charge in [-0.2, -0.15) is 5.10 Å². The van der Waals surface area contributed by atoms with E-state index in [0.717, 1.165) is 36.0 Å². The maximum absolute atomic E-state index is 12.6. The van der Waals surface area contributed by atoms with Crippen molar-refractivity contribution < 1.29 is 4.79 Å². The molecule has 1 N–H and O–H groups in total. The minimum Gasteiger partial charge on any atom is -0.361 e. The molecular formula is C17H18N4O. The number of nitrogens with zero attached hydrogens (tertiary/aromatic N) is 3. The predicted molar refractivity (Wildman–Crippen MR) is 84.5 cm³/mol. The van der Waals surface area contributed by atoms with Gasteiger partial charge in [0.1, 0.15) is 0 Å². The standard InChI is InChI=1S/C17H18N4O/c22-17(10-13-11-18-16-5-2-1-4-15(13)16)20-9-6-14(12-20)21-8-3-7-19-21/h1-5,7-8,11,14,18H,6,9-10,12H2. The first-order chi connectivity index (χ1) is 10.8. The quantitative estimate of drug-likeness (QED) is 0.806. The van der Waals surface area contributed by atoms with Gasteiger partial charge in [0.25, 0.3) is 0 Å². The summed E-state index contributed by atoms with van der Waals surface area (Å²) in [6.45, 7) is 1.56. The topological polar surface area (TPSA) is 53.9 Å². The van der Waals surface area contributed by atoms with Gasteiger partial charge in [0.05, 0.1) is 12.5 Å². The molecule has 112 valence electrons. The SMILES string of the molecule is O=C(Cc1c[nH]c2ccccc12)N1CCC(n2cccn2)C1. The number of hydrogen-bond donors (Lipinski definition) is 1. The number of rotatable bonds is 3. The third kappa shape index (κ3) is 2.28. The Morgan fingerprint density at radius 1 is 1.32 bits per heavy atom. The lowest BCUT2D eigenvalue weighted by molar-refractivity contribution is -0.129. The lowest BCUT2D eigenvalue weighted by Gasteiger charge is -2.16. The Morgan fingerprint density at radius 2 is 2.23 bits per heavy atom. The van der Waals surface area contributed by atoms with Crippen LogP contribution in [0.2, 0.25) is 0 Å². The van der Waals surface area contributed by atoms with Gasteiger partial charge in [-0.25, -0.2) is 0 Å². The summed E-state index contributed by atoms with van der Waals surface area (Å²) in [4.78, 5) is 17.7. The molecule has 5 nitrogen and oxygen atoms in total. The molecule has 0 aliphatic carbocycles. The molecule has 0 bridgehead atoms. The van der Waals surface area contributed by atoms with Crippen LogP contribution < -0.4 is 0 Å². The van der Waals surface area contributed by atoms with Crippen molar-refractivity contribution in [2.45, 2.75) is 18.9 Å². The molecule has 0 saturated carbocycles. The maximum atomic E-state index is 12.6. The molecule has 1 aliphatic rings. The molecule has 0 radical (unpaired) electrons. The first kappa shape index (κ1) is 13.1. The highest BCUT2D eigenvalue weighted by Crippen LogP contribution is 2.23. The number of nitrogens with one attached hydrogen (secondary N) is 1. The van der Waals surface area contributed by atoms with Crippen molar-refractivity contribution in [1.82, 2.24) is 19.7 Å². The largest absolute Gasteiger partial charge is 0.361 e. The first-order valence-electron chi connectivity index (χ1n) is 7.63. The van der Waals surface area contributed by atoms with Gasteiger partial charge in [-0.15, -0.1) is 0 Å². The molecule has 22 heavy (non-hydrogen) atoms. The zero-order chi connectivity index (χ0) is 14.9. The molecule has 0 spiro atoms. The smallest absolute Gasteiger partial charge is 0.227 e. The van der Waals surface area contributed by atoms with Crippen molar-refractivity contribution in [3.63, 3.8) is 0 Å². The number of benzene rings is 1.